The highest BCUT2D eigenvalue weighted by atomic mass is 32.1. The maximum absolute atomic E-state index is 12.9. The average Bonchev–Trinajstić information content (AvgIpc) is 3.29. The first-order valence-electron chi connectivity index (χ1n) is 9.72. The van der Waals surface area contributed by atoms with E-state index < -0.39 is 0 Å². The van der Waals surface area contributed by atoms with E-state index in [0.717, 1.165) is 52.8 Å². The lowest BCUT2D eigenvalue weighted by Gasteiger charge is -2.35. The third-order valence-electron chi connectivity index (χ3n) is 5.47. The van der Waals surface area contributed by atoms with E-state index >= 15 is 0 Å². The molecule has 7 heteroatoms. The third kappa shape index (κ3) is 3.70. The van der Waals surface area contributed by atoms with Gasteiger partial charge in [0.15, 0.2) is 0 Å². The number of hydrogen-bond acceptors (Lipinski definition) is 5. The zero-order valence-corrected chi connectivity index (χ0v) is 17.3. The molecule has 3 heterocycles. The summed E-state index contributed by atoms with van der Waals surface area (Å²) in [7, 11) is 0. The largest absolute Gasteiger partial charge is 0.379 e. The molecule has 1 amide bonds. The van der Waals surface area contributed by atoms with Gasteiger partial charge in [-0.3, -0.25) is 9.69 Å². The molecule has 4 rings (SSSR count). The number of rotatable bonds is 5. The summed E-state index contributed by atoms with van der Waals surface area (Å²) >= 11 is 1.49. The van der Waals surface area contributed by atoms with Crippen LogP contribution in [0.1, 0.15) is 29.2 Å². The fourth-order valence-corrected chi connectivity index (χ4v) is 4.69. The lowest BCUT2D eigenvalue weighted by Crippen LogP contribution is -2.52. The summed E-state index contributed by atoms with van der Waals surface area (Å²) in [6.45, 7) is 9.57. The molecule has 1 aliphatic heterocycles. The molecule has 2 atom stereocenters. The van der Waals surface area contributed by atoms with Crippen LogP contribution in [0.5, 0.6) is 0 Å². The molecule has 1 saturated heterocycles. The van der Waals surface area contributed by atoms with Crippen molar-refractivity contribution in [3.63, 3.8) is 0 Å². The molecule has 0 radical (unpaired) electrons. The van der Waals surface area contributed by atoms with Crippen LogP contribution in [0.25, 0.3) is 15.9 Å². The standard InChI is InChI=1S/C21H26N4O2S/c1-14(16(3)24-9-11-27-12-10-24)22-20(26)19-13-18-15(2)23-25(21(18)28-19)17-7-5-4-6-8-17/h4-8,13-14,16H,9-12H2,1-3H3,(H,22,26). The molecular formula is C21H26N4O2S. The minimum atomic E-state index is -0.0205. The number of carbonyl (C=O) groups is 1. The number of nitrogens with one attached hydrogen (secondary N) is 1. The molecule has 0 bridgehead atoms. The van der Waals surface area contributed by atoms with Crippen molar-refractivity contribution in [3.05, 3.63) is 47.0 Å². The number of thiophene rings is 1. The summed E-state index contributed by atoms with van der Waals surface area (Å²) in [4.78, 5) is 17.0. The zero-order valence-electron chi connectivity index (χ0n) is 16.5. The van der Waals surface area contributed by atoms with Crippen LogP contribution in [-0.2, 0) is 4.74 Å². The second-order valence-electron chi connectivity index (χ2n) is 7.31. The molecule has 1 aromatic carbocycles. The van der Waals surface area contributed by atoms with E-state index in [1.807, 2.05) is 48.0 Å². The summed E-state index contributed by atoms with van der Waals surface area (Å²) in [5, 5.41) is 8.86. The Bertz CT molecular complexity index is 960. The van der Waals surface area contributed by atoms with Crippen LogP contribution < -0.4 is 5.32 Å². The second kappa shape index (κ2) is 8.03. The van der Waals surface area contributed by atoms with Crippen LogP contribution in [0.2, 0.25) is 0 Å². The Kier molecular flexibility index (Phi) is 5.48. The Labute approximate surface area is 169 Å². The number of ether oxygens (including phenoxy) is 1. The number of nitrogens with zero attached hydrogens (tertiary/aromatic N) is 3. The fraction of sp³-hybridized carbons (Fsp3) is 0.429. The van der Waals surface area contributed by atoms with Crippen molar-refractivity contribution in [1.29, 1.82) is 0 Å². The summed E-state index contributed by atoms with van der Waals surface area (Å²) < 4.78 is 7.35. The Hall–Kier alpha value is -2.22. The fourth-order valence-electron chi connectivity index (χ4n) is 3.60. The number of hydrogen-bond donors (Lipinski definition) is 1. The molecule has 148 valence electrons. The van der Waals surface area contributed by atoms with Crippen LogP contribution in [0, 0.1) is 6.92 Å². The van der Waals surface area contributed by atoms with Gasteiger partial charge in [0.05, 0.1) is 29.5 Å². The predicted octanol–water partition coefficient (Wildman–Crippen LogP) is 3.23. The van der Waals surface area contributed by atoms with Gasteiger partial charge in [-0.1, -0.05) is 18.2 Å². The van der Waals surface area contributed by atoms with Crippen molar-refractivity contribution in [2.24, 2.45) is 0 Å². The first kappa shape index (κ1) is 19.1. The van der Waals surface area contributed by atoms with Gasteiger partial charge in [0, 0.05) is 30.6 Å². The van der Waals surface area contributed by atoms with Crippen molar-refractivity contribution in [3.8, 4) is 5.69 Å². The summed E-state index contributed by atoms with van der Waals surface area (Å²) in [5.74, 6) is -0.0205. The van der Waals surface area contributed by atoms with Gasteiger partial charge in [-0.25, -0.2) is 4.68 Å². The smallest absolute Gasteiger partial charge is 0.261 e. The molecule has 1 fully saturated rings. The van der Waals surface area contributed by atoms with Gasteiger partial charge in [-0.2, -0.15) is 5.10 Å². The Balaban J connectivity index is 1.53. The van der Waals surface area contributed by atoms with Crippen LogP contribution in [0.15, 0.2) is 36.4 Å². The number of morpholine rings is 1. The molecule has 0 saturated carbocycles. The van der Waals surface area contributed by atoms with Crippen molar-refractivity contribution < 1.29 is 9.53 Å². The number of benzene rings is 1. The zero-order chi connectivity index (χ0) is 19.7. The summed E-state index contributed by atoms with van der Waals surface area (Å²) in [5.41, 5.74) is 1.94. The van der Waals surface area contributed by atoms with E-state index in [9.17, 15) is 4.79 Å². The van der Waals surface area contributed by atoms with Crippen LogP contribution in [0.3, 0.4) is 0 Å². The predicted molar refractivity (Wildman–Crippen MR) is 112 cm³/mol. The van der Waals surface area contributed by atoms with Gasteiger partial charge in [0.25, 0.3) is 5.91 Å². The highest BCUT2D eigenvalue weighted by Crippen LogP contribution is 2.30. The molecule has 1 N–H and O–H groups in total. The summed E-state index contributed by atoms with van der Waals surface area (Å²) in [6, 6.07) is 12.3. The number of para-hydroxylation sites is 1. The van der Waals surface area contributed by atoms with E-state index in [1.54, 1.807) is 0 Å². The molecule has 3 aromatic rings. The Morgan fingerprint density at radius 3 is 2.64 bits per heavy atom. The molecule has 28 heavy (non-hydrogen) atoms. The van der Waals surface area contributed by atoms with Gasteiger partial charge >= 0.3 is 0 Å². The number of carbonyl (C=O) groups excluding carboxylic acids is 1. The highest BCUT2D eigenvalue weighted by molar-refractivity contribution is 7.20. The van der Waals surface area contributed by atoms with E-state index in [4.69, 9.17) is 4.74 Å². The average molecular weight is 399 g/mol. The van der Waals surface area contributed by atoms with E-state index in [-0.39, 0.29) is 18.0 Å². The molecule has 0 aliphatic carbocycles. The number of fused-ring (bicyclic) bond motifs is 1. The maximum Gasteiger partial charge on any atom is 0.261 e. The molecular weight excluding hydrogens is 372 g/mol. The van der Waals surface area contributed by atoms with Crippen molar-refractivity contribution in [2.45, 2.75) is 32.9 Å². The van der Waals surface area contributed by atoms with E-state index in [0.29, 0.717) is 0 Å². The quantitative estimate of drug-likeness (QED) is 0.717. The minimum Gasteiger partial charge on any atom is -0.379 e. The molecule has 2 aromatic heterocycles. The SMILES string of the molecule is Cc1nn(-c2ccccc2)c2sc(C(=O)NC(C)C(C)N3CCOCC3)cc12. The maximum atomic E-state index is 12.9. The number of aromatic nitrogens is 2. The molecule has 0 spiro atoms. The molecule has 1 aliphatic rings. The highest BCUT2D eigenvalue weighted by Gasteiger charge is 2.25. The van der Waals surface area contributed by atoms with Gasteiger partial charge in [-0.05, 0) is 39.0 Å². The number of aryl methyl sites for hydroxylation is 1. The van der Waals surface area contributed by atoms with Gasteiger partial charge in [0.1, 0.15) is 4.83 Å². The van der Waals surface area contributed by atoms with Crippen LogP contribution in [0.4, 0.5) is 0 Å². The number of amides is 1. The van der Waals surface area contributed by atoms with Crippen molar-refractivity contribution in [1.82, 2.24) is 20.0 Å². The van der Waals surface area contributed by atoms with Crippen LogP contribution >= 0.6 is 11.3 Å². The van der Waals surface area contributed by atoms with Crippen molar-refractivity contribution >= 4 is 27.5 Å². The second-order valence-corrected chi connectivity index (χ2v) is 8.34. The first-order chi connectivity index (χ1) is 13.5. The summed E-state index contributed by atoms with van der Waals surface area (Å²) in [6.07, 6.45) is 0. The van der Waals surface area contributed by atoms with Gasteiger partial charge in [0.2, 0.25) is 0 Å². The molecule has 2 unspecified atom stereocenters. The van der Waals surface area contributed by atoms with E-state index in [2.05, 4.69) is 29.2 Å². The Morgan fingerprint density at radius 1 is 1.21 bits per heavy atom. The lowest BCUT2D eigenvalue weighted by atomic mass is 10.1. The topological polar surface area (TPSA) is 59.4 Å². The van der Waals surface area contributed by atoms with Gasteiger partial charge in [-0.15, -0.1) is 11.3 Å². The van der Waals surface area contributed by atoms with E-state index in [1.165, 1.54) is 11.3 Å². The van der Waals surface area contributed by atoms with Crippen molar-refractivity contribution in [2.75, 3.05) is 26.3 Å². The monoisotopic (exact) mass is 398 g/mol. The van der Waals surface area contributed by atoms with Crippen LogP contribution in [-0.4, -0.2) is 59.0 Å². The lowest BCUT2D eigenvalue weighted by molar-refractivity contribution is 0.0138. The first-order valence-corrected chi connectivity index (χ1v) is 10.5. The molecule has 6 nitrogen and oxygen atoms in total. The Morgan fingerprint density at radius 2 is 1.93 bits per heavy atom. The minimum absolute atomic E-state index is 0.0205. The normalized spacial score (nSPS) is 17.5. The van der Waals surface area contributed by atoms with Gasteiger partial charge < -0.3 is 10.1 Å². The third-order valence-corrected chi connectivity index (χ3v) is 6.58.